The molecule has 1 fully saturated rings. The molecule has 0 unspecified atom stereocenters. The van der Waals surface area contributed by atoms with Crippen LogP contribution in [-0.4, -0.2) is 36.9 Å². The van der Waals surface area contributed by atoms with E-state index < -0.39 is 35.2 Å². The molecule has 1 aromatic carbocycles. The highest BCUT2D eigenvalue weighted by atomic mass is 19.2. The van der Waals surface area contributed by atoms with E-state index in [1.54, 1.807) is 14.1 Å². The van der Waals surface area contributed by atoms with Crippen molar-refractivity contribution < 1.29 is 22.4 Å². The molecule has 5 rings (SSSR count). The minimum absolute atomic E-state index is 0.113. The SMILES string of the molecule is Cn1cc(C(=O)N2CCc3c(nn(C)c3-c3cc(F)c(F)c(F)c3)[C@@H]2N)c(C2(F)CC2)n1. The Morgan fingerprint density at radius 3 is 2.44 bits per heavy atom. The normalized spacial score (nSPS) is 19.2. The summed E-state index contributed by atoms with van der Waals surface area (Å²) in [5.41, 5.74) is 6.52. The van der Waals surface area contributed by atoms with Crippen LogP contribution in [0.25, 0.3) is 11.3 Å². The smallest absolute Gasteiger partial charge is 0.259 e. The maximum Gasteiger partial charge on any atom is 0.259 e. The van der Waals surface area contributed by atoms with Crippen LogP contribution in [0.15, 0.2) is 18.3 Å². The lowest BCUT2D eigenvalue weighted by Crippen LogP contribution is -2.44. The number of carbonyl (C=O) groups is 1. The number of aryl methyl sites for hydroxylation is 2. The average molecular weight is 448 g/mol. The molecule has 1 atom stereocenters. The third-order valence-corrected chi connectivity index (χ3v) is 6.09. The molecule has 0 bridgehead atoms. The van der Waals surface area contributed by atoms with Crippen molar-refractivity contribution in [3.8, 4) is 11.3 Å². The Kier molecular flexibility index (Phi) is 4.45. The molecule has 0 spiro atoms. The second-order valence-electron chi connectivity index (χ2n) is 8.31. The molecule has 0 saturated heterocycles. The summed E-state index contributed by atoms with van der Waals surface area (Å²) in [5, 5.41) is 8.51. The van der Waals surface area contributed by atoms with Gasteiger partial charge in [-0.2, -0.15) is 10.2 Å². The first-order valence-electron chi connectivity index (χ1n) is 10.1. The number of nitrogens with zero attached hydrogens (tertiary/aromatic N) is 5. The highest BCUT2D eigenvalue weighted by Gasteiger charge is 2.50. The largest absolute Gasteiger partial charge is 0.317 e. The maximum atomic E-state index is 14.7. The molecule has 1 saturated carbocycles. The summed E-state index contributed by atoms with van der Waals surface area (Å²) in [5.74, 6) is -4.62. The number of fused-ring (bicyclic) bond motifs is 1. The molecule has 32 heavy (non-hydrogen) atoms. The van der Waals surface area contributed by atoms with Gasteiger partial charge in [0.15, 0.2) is 23.1 Å². The van der Waals surface area contributed by atoms with Crippen LogP contribution in [0.4, 0.5) is 17.6 Å². The van der Waals surface area contributed by atoms with Crippen LogP contribution in [0.2, 0.25) is 0 Å². The standard InChI is InChI=1S/C21H20F4N6O/c1-29-9-12(18(28-29)21(25)4-5-21)20(32)31-6-3-11-16(19(31)26)27-30(2)17(11)10-7-13(22)15(24)14(23)8-10/h7-9,19H,3-6,26H2,1-2H3/t19-/m1/s1. The fraction of sp³-hybridized carbons (Fsp3) is 0.381. The van der Waals surface area contributed by atoms with Crippen LogP contribution < -0.4 is 5.73 Å². The van der Waals surface area contributed by atoms with E-state index >= 15 is 0 Å². The summed E-state index contributed by atoms with van der Waals surface area (Å²) in [6, 6.07) is 1.80. The number of amides is 1. The van der Waals surface area contributed by atoms with E-state index in [-0.39, 0.29) is 23.4 Å². The van der Waals surface area contributed by atoms with E-state index in [0.29, 0.717) is 36.2 Å². The van der Waals surface area contributed by atoms with E-state index in [2.05, 4.69) is 10.2 Å². The first-order valence-corrected chi connectivity index (χ1v) is 10.1. The summed E-state index contributed by atoms with van der Waals surface area (Å²) >= 11 is 0. The Labute approximate surface area is 180 Å². The van der Waals surface area contributed by atoms with Crippen LogP contribution in [0, 0.1) is 17.5 Å². The van der Waals surface area contributed by atoms with Gasteiger partial charge in [-0.3, -0.25) is 14.2 Å². The van der Waals surface area contributed by atoms with Crippen molar-refractivity contribution in [1.82, 2.24) is 24.5 Å². The minimum atomic E-state index is -1.59. The number of halogens is 4. The predicted molar refractivity (Wildman–Crippen MR) is 105 cm³/mol. The lowest BCUT2D eigenvalue weighted by atomic mass is 9.97. The van der Waals surface area contributed by atoms with Crippen molar-refractivity contribution in [1.29, 1.82) is 0 Å². The predicted octanol–water partition coefficient (Wildman–Crippen LogP) is 2.85. The van der Waals surface area contributed by atoms with Crippen molar-refractivity contribution in [3.63, 3.8) is 0 Å². The highest BCUT2D eigenvalue weighted by Crippen LogP contribution is 2.50. The fourth-order valence-corrected chi connectivity index (χ4v) is 4.35. The first kappa shape index (κ1) is 20.7. The number of hydrogen-bond donors (Lipinski definition) is 1. The van der Waals surface area contributed by atoms with Crippen molar-refractivity contribution in [2.24, 2.45) is 19.8 Å². The maximum absolute atomic E-state index is 14.7. The van der Waals surface area contributed by atoms with Gasteiger partial charge >= 0.3 is 0 Å². The second kappa shape index (κ2) is 6.89. The van der Waals surface area contributed by atoms with Gasteiger partial charge in [-0.15, -0.1) is 0 Å². The molecule has 1 amide bonds. The summed E-state index contributed by atoms with van der Waals surface area (Å²) in [6.45, 7) is 0.186. The van der Waals surface area contributed by atoms with Gasteiger partial charge in [-0.05, 0) is 31.4 Å². The number of carbonyl (C=O) groups excluding carboxylic acids is 1. The van der Waals surface area contributed by atoms with E-state index in [4.69, 9.17) is 5.73 Å². The highest BCUT2D eigenvalue weighted by molar-refractivity contribution is 5.96. The fourth-order valence-electron chi connectivity index (χ4n) is 4.35. The average Bonchev–Trinajstić information content (AvgIpc) is 3.20. The zero-order chi connectivity index (χ0) is 22.9. The summed E-state index contributed by atoms with van der Waals surface area (Å²) in [4.78, 5) is 14.7. The second-order valence-corrected chi connectivity index (χ2v) is 8.31. The Morgan fingerprint density at radius 1 is 1.16 bits per heavy atom. The van der Waals surface area contributed by atoms with Gasteiger partial charge in [0.25, 0.3) is 5.91 Å². The number of aromatic nitrogens is 4. The molecule has 2 aromatic heterocycles. The Hall–Kier alpha value is -3.21. The topological polar surface area (TPSA) is 82.0 Å². The third kappa shape index (κ3) is 3.02. The molecule has 7 nitrogen and oxygen atoms in total. The van der Waals surface area contributed by atoms with Crippen LogP contribution in [0.1, 0.15) is 46.3 Å². The molecule has 3 heterocycles. The minimum Gasteiger partial charge on any atom is -0.317 e. The summed E-state index contributed by atoms with van der Waals surface area (Å²) < 4.78 is 58.6. The van der Waals surface area contributed by atoms with Crippen molar-refractivity contribution >= 4 is 5.91 Å². The molecule has 0 radical (unpaired) electrons. The molecule has 1 aliphatic carbocycles. The number of nitrogens with two attached hydrogens (primary N) is 1. The van der Waals surface area contributed by atoms with Crippen LogP contribution in [-0.2, 0) is 26.2 Å². The Bertz CT molecular complexity index is 1240. The van der Waals surface area contributed by atoms with Crippen molar-refractivity contribution in [2.75, 3.05) is 6.54 Å². The van der Waals surface area contributed by atoms with Crippen molar-refractivity contribution in [2.45, 2.75) is 31.1 Å². The number of alkyl halides is 1. The quantitative estimate of drug-likeness (QED) is 0.494. The number of rotatable bonds is 3. The molecular weight excluding hydrogens is 428 g/mol. The first-order chi connectivity index (χ1) is 15.1. The molecule has 11 heteroatoms. The molecular formula is C21H20F4N6O. The van der Waals surface area contributed by atoms with Crippen LogP contribution >= 0.6 is 0 Å². The van der Waals surface area contributed by atoms with E-state index in [1.807, 2.05) is 0 Å². The van der Waals surface area contributed by atoms with Crippen LogP contribution in [0.5, 0.6) is 0 Å². The lowest BCUT2D eigenvalue weighted by Gasteiger charge is -2.32. The van der Waals surface area contributed by atoms with Gasteiger partial charge in [-0.25, -0.2) is 17.6 Å². The molecule has 168 valence electrons. The molecule has 2 aliphatic rings. The van der Waals surface area contributed by atoms with Gasteiger partial charge in [0, 0.05) is 38.0 Å². The lowest BCUT2D eigenvalue weighted by molar-refractivity contribution is 0.0657. The zero-order valence-electron chi connectivity index (χ0n) is 17.4. The van der Waals surface area contributed by atoms with Gasteiger partial charge in [0.2, 0.25) is 0 Å². The number of hydrogen-bond acceptors (Lipinski definition) is 4. The zero-order valence-corrected chi connectivity index (χ0v) is 17.4. The summed E-state index contributed by atoms with van der Waals surface area (Å²) in [7, 11) is 3.19. The molecule has 3 aromatic rings. The van der Waals surface area contributed by atoms with Crippen LogP contribution in [0.3, 0.4) is 0 Å². The Balaban J connectivity index is 1.51. The third-order valence-electron chi connectivity index (χ3n) is 6.09. The van der Waals surface area contributed by atoms with Crippen molar-refractivity contribution in [3.05, 3.63) is 58.3 Å². The Morgan fingerprint density at radius 2 is 1.81 bits per heavy atom. The number of benzene rings is 1. The summed E-state index contributed by atoms with van der Waals surface area (Å²) in [6.07, 6.45) is 1.45. The monoisotopic (exact) mass is 448 g/mol. The van der Waals surface area contributed by atoms with E-state index in [1.165, 1.54) is 20.5 Å². The van der Waals surface area contributed by atoms with Gasteiger partial charge < -0.3 is 10.6 Å². The van der Waals surface area contributed by atoms with E-state index in [0.717, 1.165) is 12.1 Å². The van der Waals surface area contributed by atoms with Gasteiger partial charge in [0.1, 0.15) is 17.6 Å². The van der Waals surface area contributed by atoms with Gasteiger partial charge in [-0.1, -0.05) is 0 Å². The molecule has 2 N–H and O–H groups in total. The van der Waals surface area contributed by atoms with Gasteiger partial charge in [0.05, 0.1) is 11.3 Å². The van der Waals surface area contributed by atoms with E-state index in [9.17, 15) is 22.4 Å². The molecule has 1 aliphatic heterocycles.